The van der Waals surface area contributed by atoms with Crippen LogP contribution < -0.4 is 5.32 Å². The lowest BCUT2D eigenvalue weighted by molar-refractivity contribution is -0.114. The molecule has 1 amide bonds. The molecule has 0 atom stereocenters. The van der Waals surface area contributed by atoms with Crippen molar-refractivity contribution in [1.82, 2.24) is 19.7 Å². The van der Waals surface area contributed by atoms with Gasteiger partial charge in [0.1, 0.15) is 0 Å². The quantitative estimate of drug-likeness (QED) is 0.397. The summed E-state index contributed by atoms with van der Waals surface area (Å²) >= 11 is 5.12. The molecule has 3 aromatic heterocycles. The van der Waals surface area contributed by atoms with Crippen LogP contribution in [0.1, 0.15) is 23.7 Å². The SMILES string of the molecule is CC(=O)Nc1nc2c(s1)-c1c(c(-c3cccnc3)nn1-c1ccc(C=N)cc1Br)CC2. The number of aromatic nitrogens is 4. The fraction of sp³-hybridized carbons (Fsp3) is 0.136. The normalized spacial score (nSPS) is 12.2. The minimum Gasteiger partial charge on any atom is -0.308 e. The second kappa shape index (κ2) is 7.82. The predicted molar refractivity (Wildman–Crippen MR) is 125 cm³/mol. The molecular weight excluding hydrogens is 476 g/mol. The molecule has 0 radical (unpaired) electrons. The number of hydrogen-bond donors (Lipinski definition) is 2. The third-order valence-electron chi connectivity index (χ3n) is 5.09. The Kier molecular flexibility index (Phi) is 4.99. The highest BCUT2D eigenvalue weighted by Gasteiger charge is 2.30. The Labute approximate surface area is 190 Å². The van der Waals surface area contributed by atoms with Gasteiger partial charge in [-0.05, 0) is 58.6 Å². The Morgan fingerprint density at radius 2 is 2.19 bits per heavy atom. The van der Waals surface area contributed by atoms with E-state index in [9.17, 15) is 4.79 Å². The fourth-order valence-corrected chi connectivity index (χ4v) is 5.45. The van der Waals surface area contributed by atoms with Gasteiger partial charge in [-0.25, -0.2) is 9.67 Å². The van der Waals surface area contributed by atoms with E-state index in [1.807, 2.05) is 41.2 Å². The molecule has 0 bridgehead atoms. The molecule has 0 unspecified atom stereocenters. The summed E-state index contributed by atoms with van der Waals surface area (Å²) in [5.74, 6) is -0.138. The van der Waals surface area contributed by atoms with E-state index in [0.29, 0.717) is 5.13 Å². The molecule has 0 aliphatic heterocycles. The van der Waals surface area contributed by atoms with Gasteiger partial charge >= 0.3 is 0 Å². The van der Waals surface area contributed by atoms with Crippen LogP contribution in [0.15, 0.2) is 47.2 Å². The third kappa shape index (κ3) is 3.49. The number of amides is 1. The van der Waals surface area contributed by atoms with Crippen molar-refractivity contribution in [3.8, 4) is 27.5 Å². The van der Waals surface area contributed by atoms with Crippen LogP contribution in [-0.4, -0.2) is 31.9 Å². The number of pyridine rings is 1. The highest BCUT2D eigenvalue weighted by molar-refractivity contribution is 9.10. The van der Waals surface area contributed by atoms with Gasteiger partial charge in [-0.1, -0.05) is 17.4 Å². The number of hydrogen-bond acceptors (Lipinski definition) is 6. The van der Waals surface area contributed by atoms with Gasteiger partial charge in [0.25, 0.3) is 0 Å². The molecule has 0 saturated heterocycles. The van der Waals surface area contributed by atoms with Crippen LogP contribution in [0.5, 0.6) is 0 Å². The van der Waals surface area contributed by atoms with Gasteiger partial charge in [-0.3, -0.25) is 9.78 Å². The number of anilines is 1. The Bertz CT molecular complexity index is 1330. The van der Waals surface area contributed by atoms with Gasteiger partial charge in [0.15, 0.2) is 5.13 Å². The van der Waals surface area contributed by atoms with E-state index in [1.165, 1.54) is 24.5 Å². The number of nitrogens with zero attached hydrogens (tertiary/aromatic N) is 4. The van der Waals surface area contributed by atoms with Gasteiger partial charge in [-0.2, -0.15) is 5.10 Å². The molecule has 154 valence electrons. The van der Waals surface area contributed by atoms with E-state index >= 15 is 0 Å². The number of rotatable bonds is 4. The van der Waals surface area contributed by atoms with Crippen molar-refractivity contribution >= 4 is 44.5 Å². The third-order valence-corrected chi connectivity index (χ3v) is 6.75. The van der Waals surface area contributed by atoms with E-state index in [4.69, 9.17) is 10.5 Å². The number of fused-ring (bicyclic) bond motifs is 3. The van der Waals surface area contributed by atoms with Gasteiger partial charge < -0.3 is 10.7 Å². The van der Waals surface area contributed by atoms with Crippen molar-refractivity contribution in [1.29, 1.82) is 5.41 Å². The number of halogens is 1. The number of aryl methyl sites for hydroxylation is 1. The first kappa shape index (κ1) is 19.8. The topological polar surface area (TPSA) is 96.6 Å². The first-order chi connectivity index (χ1) is 15.0. The first-order valence-corrected chi connectivity index (χ1v) is 11.3. The summed E-state index contributed by atoms with van der Waals surface area (Å²) in [5, 5.41) is 15.9. The van der Waals surface area contributed by atoms with Crippen LogP contribution in [0.2, 0.25) is 0 Å². The lowest BCUT2D eigenvalue weighted by atomic mass is 9.95. The maximum Gasteiger partial charge on any atom is 0.223 e. The van der Waals surface area contributed by atoms with Crippen molar-refractivity contribution in [3.05, 3.63) is 64.0 Å². The lowest BCUT2D eigenvalue weighted by Gasteiger charge is -2.15. The summed E-state index contributed by atoms with van der Waals surface area (Å²) in [4.78, 5) is 21.5. The lowest BCUT2D eigenvalue weighted by Crippen LogP contribution is -2.07. The molecule has 3 heterocycles. The summed E-state index contributed by atoms with van der Waals surface area (Å²) in [6.07, 6.45) is 6.47. The van der Waals surface area contributed by atoms with E-state index in [1.54, 1.807) is 6.20 Å². The Morgan fingerprint density at radius 3 is 2.90 bits per heavy atom. The summed E-state index contributed by atoms with van der Waals surface area (Å²) in [6, 6.07) is 9.67. The molecule has 5 rings (SSSR count). The van der Waals surface area contributed by atoms with Crippen LogP contribution in [0.3, 0.4) is 0 Å². The highest BCUT2D eigenvalue weighted by atomic mass is 79.9. The van der Waals surface area contributed by atoms with Crippen molar-refractivity contribution in [2.45, 2.75) is 19.8 Å². The Morgan fingerprint density at radius 1 is 1.32 bits per heavy atom. The molecule has 1 aliphatic carbocycles. The van der Waals surface area contributed by atoms with Crippen LogP contribution >= 0.6 is 27.3 Å². The molecule has 31 heavy (non-hydrogen) atoms. The number of thiazole rings is 1. The minimum absolute atomic E-state index is 0.138. The largest absolute Gasteiger partial charge is 0.308 e. The van der Waals surface area contributed by atoms with Crippen LogP contribution in [0.4, 0.5) is 5.13 Å². The maximum atomic E-state index is 11.6. The number of benzene rings is 1. The molecule has 7 nitrogen and oxygen atoms in total. The molecule has 0 fully saturated rings. The minimum atomic E-state index is -0.138. The number of carbonyl (C=O) groups is 1. The zero-order chi connectivity index (χ0) is 21.5. The molecule has 9 heteroatoms. The molecular formula is C22H17BrN6OS. The molecule has 0 spiro atoms. The van der Waals surface area contributed by atoms with Crippen molar-refractivity contribution in [2.24, 2.45) is 0 Å². The summed E-state index contributed by atoms with van der Waals surface area (Å²) in [5.41, 5.74) is 6.62. The van der Waals surface area contributed by atoms with E-state index in [0.717, 1.165) is 61.7 Å². The van der Waals surface area contributed by atoms with E-state index in [2.05, 4.69) is 31.2 Å². The van der Waals surface area contributed by atoms with Crippen molar-refractivity contribution in [3.63, 3.8) is 0 Å². The van der Waals surface area contributed by atoms with Gasteiger partial charge in [-0.15, -0.1) is 0 Å². The highest BCUT2D eigenvalue weighted by Crippen LogP contribution is 2.44. The predicted octanol–water partition coefficient (Wildman–Crippen LogP) is 4.87. The molecule has 4 aromatic rings. The summed E-state index contributed by atoms with van der Waals surface area (Å²) < 4.78 is 2.78. The van der Waals surface area contributed by atoms with Gasteiger partial charge in [0.2, 0.25) is 5.91 Å². The number of carbonyl (C=O) groups excluding carboxylic acids is 1. The van der Waals surface area contributed by atoms with E-state index in [-0.39, 0.29) is 5.91 Å². The molecule has 1 aromatic carbocycles. The first-order valence-electron chi connectivity index (χ1n) is 9.65. The Hall–Kier alpha value is -3.17. The van der Waals surface area contributed by atoms with E-state index < -0.39 is 0 Å². The van der Waals surface area contributed by atoms with Gasteiger partial charge in [0, 0.05) is 41.1 Å². The smallest absolute Gasteiger partial charge is 0.223 e. The van der Waals surface area contributed by atoms with Crippen LogP contribution in [0, 0.1) is 5.41 Å². The second-order valence-corrected chi connectivity index (χ2v) is 9.01. The molecule has 1 aliphatic rings. The second-order valence-electron chi connectivity index (χ2n) is 7.16. The zero-order valence-corrected chi connectivity index (χ0v) is 18.9. The fourth-order valence-electron chi connectivity index (χ4n) is 3.77. The van der Waals surface area contributed by atoms with Crippen molar-refractivity contribution < 1.29 is 4.79 Å². The summed E-state index contributed by atoms with van der Waals surface area (Å²) in [7, 11) is 0. The Balaban J connectivity index is 1.76. The average molecular weight is 493 g/mol. The summed E-state index contributed by atoms with van der Waals surface area (Å²) in [6.45, 7) is 1.48. The monoisotopic (exact) mass is 492 g/mol. The number of nitrogens with one attached hydrogen (secondary N) is 2. The van der Waals surface area contributed by atoms with Gasteiger partial charge in [0.05, 0.1) is 27.6 Å². The van der Waals surface area contributed by atoms with Crippen LogP contribution in [-0.2, 0) is 17.6 Å². The average Bonchev–Trinajstić information content (AvgIpc) is 3.34. The maximum absolute atomic E-state index is 11.6. The molecule has 2 N–H and O–H groups in total. The zero-order valence-electron chi connectivity index (χ0n) is 16.5. The molecule has 0 saturated carbocycles. The van der Waals surface area contributed by atoms with Crippen molar-refractivity contribution in [2.75, 3.05) is 5.32 Å². The standard InChI is InChI=1S/C22H17BrN6OS/c1-12(30)26-22-27-17-6-5-15-19(14-3-2-8-25-11-14)28-29(20(15)21(17)31-22)18-7-4-13(10-24)9-16(18)23/h2-4,7-11,24H,5-6H2,1H3,(H,26,27,30). The van der Waals surface area contributed by atoms with Crippen LogP contribution in [0.25, 0.3) is 27.5 Å².